The van der Waals surface area contributed by atoms with Crippen LogP contribution >= 0.6 is 0 Å². The molecule has 0 amide bonds. The first-order chi connectivity index (χ1) is 6.69. The molecule has 1 unspecified atom stereocenters. The summed E-state index contributed by atoms with van der Waals surface area (Å²) < 4.78 is 15.2. The van der Waals surface area contributed by atoms with Crippen LogP contribution in [0.15, 0.2) is 0 Å². The zero-order valence-corrected chi connectivity index (χ0v) is 8.99. The smallest absolute Gasteiger partial charge is 0.305 e. The average Bonchev–Trinajstić information content (AvgIpc) is 2.65. The zero-order valence-electron chi connectivity index (χ0n) is 8.99. The molecule has 1 saturated heterocycles. The van der Waals surface area contributed by atoms with Crippen molar-refractivity contribution in [1.82, 2.24) is 0 Å². The van der Waals surface area contributed by atoms with E-state index in [2.05, 4.69) is 4.74 Å². The van der Waals surface area contributed by atoms with Gasteiger partial charge in [0, 0.05) is 19.4 Å². The van der Waals surface area contributed by atoms with E-state index < -0.39 is 0 Å². The minimum absolute atomic E-state index is 0.158. The van der Waals surface area contributed by atoms with Crippen LogP contribution in [0.5, 0.6) is 0 Å². The number of hydrogen-bond acceptors (Lipinski definition) is 4. The number of esters is 1. The Labute approximate surface area is 84.5 Å². The van der Waals surface area contributed by atoms with Gasteiger partial charge in [0.2, 0.25) is 0 Å². The highest BCUT2D eigenvalue weighted by atomic mass is 16.7. The lowest BCUT2D eigenvalue weighted by molar-refractivity contribution is -0.145. The van der Waals surface area contributed by atoms with Crippen LogP contribution < -0.4 is 0 Å². The first-order valence-electron chi connectivity index (χ1n) is 4.90. The van der Waals surface area contributed by atoms with E-state index in [0.29, 0.717) is 18.9 Å². The van der Waals surface area contributed by atoms with Crippen LogP contribution in [0.3, 0.4) is 0 Å². The summed E-state index contributed by atoms with van der Waals surface area (Å²) in [4.78, 5) is 11.1. The van der Waals surface area contributed by atoms with Crippen molar-refractivity contribution in [2.24, 2.45) is 11.8 Å². The van der Waals surface area contributed by atoms with Gasteiger partial charge in [-0.2, -0.15) is 0 Å². The quantitative estimate of drug-likeness (QED) is 0.642. The Kier molecular flexibility index (Phi) is 4.35. The molecule has 0 aliphatic carbocycles. The molecule has 1 fully saturated rings. The van der Waals surface area contributed by atoms with Gasteiger partial charge in [0.1, 0.15) is 0 Å². The summed E-state index contributed by atoms with van der Waals surface area (Å²) >= 11 is 0. The van der Waals surface area contributed by atoms with Crippen LogP contribution in [0.25, 0.3) is 0 Å². The van der Waals surface area contributed by atoms with Crippen molar-refractivity contribution in [1.29, 1.82) is 0 Å². The van der Waals surface area contributed by atoms with Crippen LogP contribution in [0.1, 0.15) is 19.8 Å². The van der Waals surface area contributed by atoms with Crippen LogP contribution in [-0.4, -0.2) is 33.1 Å². The van der Waals surface area contributed by atoms with Crippen molar-refractivity contribution in [3.63, 3.8) is 0 Å². The van der Waals surface area contributed by atoms with Crippen molar-refractivity contribution >= 4 is 5.97 Å². The van der Waals surface area contributed by atoms with Crippen LogP contribution in [0.2, 0.25) is 0 Å². The Morgan fingerprint density at radius 3 is 2.86 bits per heavy atom. The monoisotopic (exact) mass is 202 g/mol. The SMILES string of the molecule is COC(=O)C[C@H](C)[C@@H]1CCOC1OC. The molecular formula is C10H18O4. The Morgan fingerprint density at radius 2 is 2.29 bits per heavy atom. The number of methoxy groups -OCH3 is 2. The molecule has 82 valence electrons. The van der Waals surface area contributed by atoms with E-state index in [1.165, 1.54) is 7.11 Å². The fourth-order valence-corrected chi connectivity index (χ4v) is 1.87. The fourth-order valence-electron chi connectivity index (χ4n) is 1.87. The molecule has 1 aliphatic rings. The molecule has 4 nitrogen and oxygen atoms in total. The summed E-state index contributed by atoms with van der Waals surface area (Å²) in [5.41, 5.74) is 0. The van der Waals surface area contributed by atoms with Crippen LogP contribution in [-0.2, 0) is 19.0 Å². The molecule has 4 heteroatoms. The second-order valence-corrected chi connectivity index (χ2v) is 3.68. The second kappa shape index (κ2) is 5.32. The summed E-state index contributed by atoms with van der Waals surface area (Å²) in [5, 5.41) is 0. The van der Waals surface area contributed by atoms with Gasteiger partial charge in [-0.05, 0) is 12.3 Å². The number of hydrogen-bond donors (Lipinski definition) is 0. The van der Waals surface area contributed by atoms with Gasteiger partial charge in [-0.3, -0.25) is 4.79 Å². The van der Waals surface area contributed by atoms with Gasteiger partial charge in [-0.1, -0.05) is 6.92 Å². The molecule has 1 aliphatic heterocycles. The van der Waals surface area contributed by atoms with Gasteiger partial charge in [0.25, 0.3) is 0 Å². The molecule has 0 spiro atoms. The van der Waals surface area contributed by atoms with Crippen molar-refractivity contribution in [3.8, 4) is 0 Å². The second-order valence-electron chi connectivity index (χ2n) is 3.68. The Balaban J connectivity index is 2.42. The highest BCUT2D eigenvalue weighted by Crippen LogP contribution is 2.30. The third kappa shape index (κ3) is 2.69. The molecule has 0 aromatic rings. The molecule has 0 aromatic heterocycles. The fraction of sp³-hybridized carbons (Fsp3) is 0.900. The lowest BCUT2D eigenvalue weighted by atomic mass is 9.89. The maximum atomic E-state index is 11.1. The minimum Gasteiger partial charge on any atom is -0.469 e. The van der Waals surface area contributed by atoms with Crippen molar-refractivity contribution in [2.45, 2.75) is 26.1 Å². The van der Waals surface area contributed by atoms with E-state index in [1.807, 2.05) is 6.92 Å². The number of ether oxygens (including phenoxy) is 3. The third-order valence-electron chi connectivity index (χ3n) is 2.76. The third-order valence-corrected chi connectivity index (χ3v) is 2.76. The van der Waals surface area contributed by atoms with Crippen molar-refractivity contribution < 1.29 is 19.0 Å². The van der Waals surface area contributed by atoms with Gasteiger partial charge in [0.15, 0.2) is 6.29 Å². The van der Waals surface area contributed by atoms with E-state index in [-0.39, 0.29) is 18.2 Å². The van der Waals surface area contributed by atoms with Gasteiger partial charge < -0.3 is 14.2 Å². The maximum absolute atomic E-state index is 11.1. The largest absolute Gasteiger partial charge is 0.469 e. The van der Waals surface area contributed by atoms with Gasteiger partial charge in [0.05, 0.1) is 13.7 Å². The zero-order chi connectivity index (χ0) is 10.6. The highest BCUT2D eigenvalue weighted by Gasteiger charge is 2.33. The van der Waals surface area contributed by atoms with Gasteiger partial charge in [-0.15, -0.1) is 0 Å². The van der Waals surface area contributed by atoms with E-state index in [0.717, 1.165) is 6.42 Å². The van der Waals surface area contributed by atoms with Crippen LogP contribution in [0, 0.1) is 11.8 Å². The van der Waals surface area contributed by atoms with Gasteiger partial charge in [-0.25, -0.2) is 0 Å². The predicted octanol–water partition coefficient (Wildman–Crippen LogP) is 1.19. The van der Waals surface area contributed by atoms with Crippen molar-refractivity contribution in [2.75, 3.05) is 20.8 Å². The number of carbonyl (C=O) groups is 1. The number of rotatable bonds is 4. The summed E-state index contributed by atoms with van der Waals surface area (Å²) in [5.74, 6) is 0.383. The Morgan fingerprint density at radius 1 is 1.57 bits per heavy atom. The van der Waals surface area contributed by atoms with E-state index in [1.54, 1.807) is 7.11 Å². The van der Waals surface area contributed by atoms with E-state index >= 15 is 0 Å². The molecule has 0 radical (unpaired) electrons. The summed E-state index contributed by atoms with van der Waals surface area (Å²) in [7, 11) is 3.04. The number of carbonyl (C=O) groups excluding carboxylic acids is 1. The first kappa shape index (κ1) is 11.5. The topological polar surface area (TPSA) is 44.8 Å². The molecule has 1 heterocycles. The molecule has 14 heavy (non-hydrogen) atoms. The Hall–Kier alpha value is -0.610. The van der Waals surface area contributed by atoms with E-state index in [4.69, 9.17) is 9.47 Å². The van der Waals surface area contributed by atoms with Gasteiger partial charge >= 0.3 is 5.97 Å². The minimum atomic E-state index is -0.167. The predicted molar refractivity (Wildman–Crippen MR) is 50.7 cm³/mol. The molecular weight excluding hydrogens is 184 g/mol. The summed E-state index contributed by atoms with van der Waals surface area (Å²) in [6, 6.07) is 0. The molecule has 3 atom stereocenters. The summed E-state index contributed by atoms with van der Waals surface area (Å²) in [6.07, 6.45) is 1.23. The first-order valence-corrected chi connectivity index (χ1v) is 4.90. The highest BCUT2D eigenvalue weighted by molar-refractivity contribution is 5.69. The van der Waals surface area contributed by atoms with Crippen molar-refractivity contribution in [3.05, 3.63) is 0 Å². The average molecular weight is 202 g/mol. The lowest BCUT2D eigenvalue weighted by Crippen LogP contribution is -2.25. The molecule has 0 saturated carbocycles. The maximum Gasteiger partial charge on any atom is 0.305 e. The Bertz CT molecular complexity index is 193. The molecule has 0 bridgehead atoms. The van der Waals surface area contributed by atoms with Crippen LogP contribution in [0.4, 0.5) is 0 Å². The summed E-state index contributed by atoms with van der Waals surface area (Å²) in [6.45, 7) is 2.75. The lowest BCUT2D eigenvalue weighted by Gasteiger charge is -2.22. The normalized spacial score (nSPS) is 28.8. The molecule has 0 aromatic carbocycles. The molecule has 0 N–H and O–H groups in total. The van der Waals surface area contributed by atoms with E-state index in [9.17, 15) is 4.79 Å². The molecule has 1 rings (SSSR count). The standard InChI is InChI=1S/C10H18O4/c1-7(6-9(11)12-2)8-4-5-14-10(8)13-3/h7-8,10H,4-6H2,1-3H3/t7-,8-,10?/m0/s1.